The molecule has 0 aromatic heterocycles. The largest absolute Gasteiger partial charge is 0.378 e. The molecule has 15 heavy (non-hydrogen) atoms. The van der Waals surface area contributed by atoms with Crippen LogP contribution in [0.4, 0.5) is 0 Å². The molecule has 1 N–H and O–H groups in total. The molecule has 0 aromatic carbocycles. The molecule has 2 heteroatoms. The van der Waals surface area contributed by atoms with Crippen molar-refractivity contribution in [3.63, 3.8) is 0 Å². The number of rotatable bonds is 8. The Morgan fingerprint density at radius 2 is 2.00 bits per heavy atom. The van der Waals surface area contributed by atoms with E-state index in [4.69, 9.17) is 4.74 Å². The van der Waals surface area contributed by atoms with Gasteiger partial charge in [-0.05, 0) is 38.6 Å². The molecule has 0 aliphatic heterocycles. The SMILES string of the molecule is CCOC1CC(NCCCCC(C)C)C1. The van der Waals surface area contributed by atoms with Gasteiger partial charge in [-0.2, -0.15) is 0 Å². The maximum Gasteiger partial charge on any atom is 0.0604 e. The third kappa shape index (κ3) is 5.53. The summed E-state index contributed by atoms with van der Waals surface area (Å²) in [6.45, 7) is 8.73. The molecule has 0 bridgehead atoms. The Balaban J connectivity index is 1.82. The summed E-state index contributed by atoms with van der Waals surface area (Å²) in [6.07, 6.45) is 7.05. The quantitative estimate of drug-likeness (QED) is 0.626. The minimum Gasteiger partial charge on any atom is -0.378 e. The number of nitrogens with one attached hydrogen (secondary N) is 1. The fourth-order valence-corrected chi connectivity index (χ4v) is 2.09. The van der Waals surface area contributed by atoms with Crippen LogP contribution in [-0.4, -0.2) is 25.3 Å². The van der Waals surface area contributed by atoms with Crippen molar-refractivity contribution < 1.29 is 4.74 Å². The monoisotopic (exact) mass is 213 g/mol. The number of unbranched alkanes of at least 4 members (excludes halogenated alkanes) is 1. The zero-order valence-corrected chi connectivity index (χ0v) is 10.6. The summed E-state index contributed by atoms with van der Waals surface area (Å²) in [6, 6.07) is 0.737. The normalized spacial score (nSPS) is 25.6. The maximum atomic E-state index is 5.53. The Kier molecular flexibility index (Phi) is 6.26. The lowest BCUT2D eigenvalue weighted by Crippen LogP contribution is -2.45. The minimum atomic E-state index is 0.545. The summed E-state index contributed by atoms with van der Waals surface area (Å²) in [4.78, 5) is 0. The Bertz CT molecular complexity index is 153. The highest BCUT2D eigenvalue weighted by Crippen LogP contribution is 2.23. The van der Waals surface area contributed by atoms with E-state index in [2.05, 4.69) is 26.1 Å². The van der Waals surface area contributed by atoms with Gasteiger partial charge in [0.2, 0.25) is 0 Å². The van der Waals surface area contributed by atoms with Gasteiger partial charge in [0.25, 0.3) is 0 Å². The summed E-state index contributed by atoms with van der Waals surface area (Å²) >= 11 is 0. The van der Waals surface area contributed by atoms with E-state index in [0.29, 0.717) is 6.10 Å². The van der Waals surface area contributed by atoms with Crippen molar-refractivity contribution in [1.29, 1.82) is 0 Å². The van der Waals surface area contributed by atoms with Gasteiger partial charge in [-0.25, -0.2) is 0 Å². The van der Waals surface area contributed by atoms with Crippen LogP contribution in [0, 0.1) is 5.92 Å². The van der Waals surface area contributed by atoms with Crippen LogP contribution in [0.25, 0.3) is 0 Å². The average Bonchev–Trinajstić information content (AvgIpc) is 2.12. The minimum absolute atomic E-state index is 0.545. The van der Waals surface area contributed by atoms with Gasteiger partial charge in [0.1, 0.15) is 0 Å². The molecular formula is C13H27NO. The standard InChI is InChI=1S/C13H27NO/c1-4-15-13-9-12(10-13)14-8-6-5-7-11(2)3/h11-14H,4-10H2,1-3H3. The third-order valence-electron chi connectivity index (χ3n) is 3.14. The van der Waals surface area contributed by atoms with Crippen molar-refractivity contribution in [3.05, 3.63) is 0 Å². The van der Waals surface area contributed by atoms with Crippen LogP contribution in [0.1, 0.15) is 52.9 Å². The molecule has 1 rings (SSSR count). The predicted molar refractivity (Wildman–Crippen MR) is 65.1 cm³/mol. The molecule has 0 aromatic rings. The van der Waals surface area contributed by atoms with Crippen molar-refractivity contribution in [1.82, 2.24) is 5.32 Å². The van der Waals surface area contributed by atoms with Crippen molar-refractivity contribution in [2.45, 2.75) is 65.0 Å². The fourth-order valence-electron chi connectivity index (χ4n) is 2.09. The molecule has 0 spiro atoms. The van der Waals surface area contributed by atoms with E-state index in [1.165, 1.54) is 38.6 Å². The fraction of sp³-hybridized carbons (Fsp3) is 1.00. The highest BCUT2D eigenvalue weighted by atomic mass is 16.5. The molecule has 0 unspecified atom stereocenters. The maximum absolute atomic E-state index is 5.53. The van der Waals surface area contributed by atoms with E-state index in [1.54, 1.807) is 0 Å². The first-order valence-electron chi connectivity index (χ1n) is 6.57. The van der Waals surface area contributed by atoms with Crippen LogP contribution in [-0.2, 0) is 4.74 Å². The van der Waals surface area contributed by atoms with E-state index < -0.39 is 0 Å². The second-order valence-corrected chi connectivity index (χ2v) is 5.09. The summed E-state index contributed by atoms with van der Waals surface area (Å²) < 4.78 is 5.53. The molecule has 0 heterocycles. The van der Waals surface area contributed by atoms with E-state index in [1.807, 2.05) is 0 Å². The molecule has 1 saturated carbocycles. The first-order valence-corrected chi connectivity index (χ1v) is 6.57. The van der Waals surface area contributed by atoms with E-state index >= 15 is 0 Å². The van der Waals surface area contributed by atoms with Crippen LogP contribution in [0.5, 0.6) is 0 Å². The van der Waals surface area contributed by atoms with Crippen LogP contribution in [0.3, 0.4) is 0 Å². The predicted octanol–water partition coefficient (Wildman–Crippen LogP) is 2.97. The zero-order valence-electron chi connectivity index (χ0n) is 10.6. The second-order valence-electron chi connectivity index (χ2n) is 5.09. The third-order valence-corrected chi connectivity index (χ3v) is 3.14. The van der Waals surface area contributed by atoms with Crippen LogP contribution in [0.15, 0.2) is 0 Å². The number of ether oxygens (including phenoxy) is 1. The lowest BCUT2D eigenvalue weighted by atomic mass is 9.89. The van der Waals surface area contributed by atoms with Crippen LogP contribution in [0.2, 0.25) is 0 Å². The van der Waals surface area contributed by atoms with Crippen LogP contribution >= 0.6 is 0 Å². The molecule has 0 saturated heterocycles. The Hall–Kier alpha value is -0.0800. The summed E-state index contributed by atoms with van der Waals surface area (Å²) in [5.41, 5.74) is 0. The highest BCUT2D eigenvalue weighted by Gasteiger charge is 2.28. The van der Waals surface area contributed by atoms with Gasteiger partial charge in [-0.15, -0.1) is 0 Å². The van der Waals surface area contributed by atoms with E-state index in [9.17, 15) is 0 Å². The molecule has 0 radical (unpaired) electrons. The van der Waals surface area contributed by atoms with Crippen molar-refractivity contribution in [3.8, 4) is 0 Å². The summed E-state index contributed by atoms with van der Waals surface area (Å²) in [7, 11) is 0. The molecule has 0 amide bonds. The smallest absolute Gasteiger partial charge is 0.0604 e. The second kappa shape index (κ2) is 7.24. The highest BCUT2D eigenvalue weighted by molar-refractivity contribution is 4.85. The van der Waals surface area contributed by atoms with Gasteiger partial charge in [-0.3, -0.25) is 0 Å². The Morgan fingerprint density at radius 1 is 1.27 bits per heavy atom. The van der Waals surface area contributed by atoms with Gasteiger partial charge < -0.3 is 10.1 Å². The van der Waals surface area contributed by atoms with Gasteiger partial charge >= 0.3 is 0 Å². The van der Waals surface area contributed by atoms with Gasteiger partial charge in [0, 0.05) is 12.6 Å². The summed E-state index contributed by atoms with van der Waals surface area (Å²) in [5, 5.41) is 3.60. The van der Waals surface area contributed by atoms with Crippen molar-refractivity contribution >= 4 is 0 Å². The zero-order chi connectivity index (χ0) is 11.1. The van der Waals surface area contributed by atoms with E-state index in [-0.39, 0.29) is 0 Å². The van der Waals surface area contributed by atoms with Gasteiger partial charge in [0.05, 0.1) is 6.10 Å². The average molecular weight is 213 g/mol. The van der Waals surface area contributed by atoms with Gasteiger partial charge in [0.15, 0.2) is 0 Å². The number of hydrogen-bond donors (Lipinski definition) is 1. The van der Waals surface area contributed by atoms with Crippen LogP contribution < -0.4 is 5.32 Å². The lowest BCUT2D eigenvalue weighted by Gasteiger charge is -2.35. The molecule has 1 aliphatic rings. The van der Waals surface area contributed by atoms with E-state index in [0.717, 1.165) is 18.6 Å². The van der Waals surface area contributed by atoms with Gasteiger partial charge in [-0.1, -0.05) is 26.7 Å². The first-order chi connectivity index (χ1) is 7.22. The molecule has 2 nitrogen and oxygen atoms in total. The molecule has 0 atom stereocenters. The lowest BCUT2D eigenvalue weighted by molar-refractivity contribution is -0.00976. The molecule has 1 fully saturated rings. The molecule has 1 aliphatic carbocycles. The molecule has 90 valence electrons. The number of hydrogen-bond acceptors (Lipinski definition) is 2. The topological polar surface area (TPSA) is 21.3 Å². The Labute approximate surface area is 94.8 Å². The Morgan fingerprint density at radius 3 is 2.60 bits per heavy atom. The van der Waals surface area contributed by atoms with Crippen molar-refractivity contribution in [2.75, 3.05) is 13.2 Å². The first kappa shape index (κ1) is 13.0. The van der Waals surface area contributed by atoms with Crippen molar-refractivity contribution in [2.24, 2.45) is 5.92 Å². The molecular weight excluding hydrogens is 186 g/mol. The summed E-state index contributed by atoms with van der Waals surface area (Å²) in [5.74, 6) is 0.857.